The molecule has 0 aliphatic rings. The summed E-state index contributed by atoms with van der Waals surface area (Å²) in [5, 5.41) is -0.619. The SMILES string of the molecule is COc1cnc(Cl)c(S(=O)(=O)Cl)c1C(F)F. The van der Waals surface area contributed by atoms with Crippen LogP contribution < -0.4 is 4.74 Å². The number of ether oxygens (including phenoxy) is 1. The van der Waals surface area contributed by atoms with E-state index < -0.39 is 36.8 Å². The van der Waals surface area contributed by atoms with Crippen molar-refractivity contribution in [2.75, 3.05) is 7.11 Å². The van der Waals surface area contributed by atoms with Gasteiger partial charge < -0.3 is 4.74 Å². The van der Waals surface area contributed by atoms with E-state index in [1.807, 2.05) is 0 Å². The van der Waals surface area contributed by atoms with Crippen LogP contribution in [0.4, 0.5) is 8.78 Å². The lowest BCUT2D eigenvalue weighted by molar-refractivity contribution is 0.143. The van der Waals surface area contributed by atoms with E-state index in [9.17, 15) is 17.2 Å². The Morgan fingerprint density at radius 3 is 2.44 bits per heavy atom. The normalized spacial score (nSPS) is 11.9. The van der Waals surface area contributed by atoms with Crippen LogP contribution in [0.5, 0.6) is 5.75 Å². The second kappa shape index (κ2) is 4.68. The average molecular weight is 292 g/mol. The molecule has 0 aliphatic carbocycles. The van der Waals surface area contributed by atoms with Crippen LogP contribution in [0.25, 0.3) is 0 Å². The van der Waals surface area contributed by atoms with Crippen molar-refractivity contribution in [3.05, 3.63) is 16.9 Å². The van der Waals surface area contributed by atoms with Crippen LogP contribution in [-0.4, -0.2) is 20.5 Å². The highest BCUT2D eigenvalue weighted by Crippen LogP contribution is 2.38. The highest BCUT2D eigenvalue weighted by atomic mass is 35.7. The first-order chi connectivity index (χ1) is 7.29. The van der Waals surface area contributed by atoms with Crippen molar-refractivity contribution in [2.45, 2.75) is 11.3 Å². The molecule has 16 heavy (non-hydrogen) atoms. The molecule has 1 heterocycles. The second-order valence-corrected chi connectivity index (χ2v) is 5.46. The topological polar surface area (TPSA) is 56.3 Å². The minimum atomic E-state index is -4.42. The summed E-state index contributed by atoms with van der Waals surface area (Å²) in [5.74, 6) is -0.390. The molecular weight excluding hydrogens is 287 g/mol. The van der Waals surface area contributed by atoms with Gasteiger partial charge in [-0.25, -0.2) is 22.2 Å². The minimum Gasteiger partial charge on any atom is -0.495 e. The molecule has 0 fully saturated rings. The fourth-order valence-electron chi connectivity index (χ4n) is 1.07. The summed E-state index contributed by atoms with van der Waals surface area (Å²) in [5.41, 5.74) is -0.891. The van der Waals surface area contributed by atoms with E-state index in [1.165, 1.54) is 0 Å². The first kappa shape index (κ1) is 13.4. The Labute approximate surface area is 99.6 Å². The molecule has 0 saturated heterocycles. The molecule has 0 radical (unpaired) electrons. The molecule has 9 heteroatoms. The predicted molar refractivity (Wildman–Crippen MR) is 53.8 cm³/mol. The first-order valence-corrected chi connectivity index (χ1v) is 6.43. The van der Waals surface area contributed by atoms with Gasteiger partial charge in [0.25, 0.3) is 15.5 Å². The van der Waals surface area contributed by atoms with Gasteiger partial charge in [-0.15, -0.1) is 0 Å². The quantitative estimate of drug-likeness (QED) is 0.634. The first-order valence-electron chi connectivity index (χ1n) is 3.74. The number of pyridine rings is 1. The Morgan fingerprint density at radius 1 is 1.50 bits per heavy atom. The van der Waals surface area contributed by atoms with E-state index in [1.54, 1.807) is 0 Å². The lowest BCUT2D eigenvalue weighted by Crippen LogP contribution is -2.04. The number of halogens is 4. The molecule has 4 nitrogen and oxygen atoms in total. The van der Waals surface area contributed by atoms with Crippen LogP contribution in [-0.2, 0) is 9.05 Å². The van der Waals surface area contributed by atoms with Crippen LogP contribution in [0.2, 0.25) is 5.15 Å². The van der Waals surface area contributed by atoms with Gasteiger partial charge in [0.1, 0.15) is 15.8 Å². The van der Waals surface area contributed by atoms with Gasteiger partial charge in [0.15, 0.2) is 0 Å². The summed E-state index contributed by atoms with van der Waals surface area (Å²) in [4.78, 5) is 2.48. The fraction of sp³-hybridized carbons (Fsp3) is 0.286. The fourth-order valence-corrected chi connectivity index (χ4v) is 2.82. The van der Waals surface area contributed by atoms with Crippen molar-refractivity contribution in [1.82, 2.24) is 4.98 Å². The van der Waals surface area contributed by atoms with Gasteiger partial charge in [-0.1, -0.05) is 11.6 Å². The zero-order valence-electron chi connectivity index (χ0n) is 7.75. The van der Waals surface area contributed by atoms with Gasteiger partial charge in [-0.2, -0.15) is 0 Å². The maximum atomic E-state index is 12.7. The third-order valence-corrected chi connectivity index (χ3v) is 3.44. The highest BCUT2D eigenvalue weighted by molar-refractivity contribution is 8.13. The lowest BCUT2D eigenvalue weighted by Gasteiger charge is -2.11. The van der Waals surface area contributed by atoms with Crippen LogP contribution in [0, 0.1) is 0 Å². The molecule has 90 valence electrons. The molecule has 0 N–H and O–H groups in total. The van der Waals surface area contributed by atoms with Crippen LogP contribution in [0.15, 0.2) is 11.1 Å². The molecule has 0 saturated carbocycles. The third-order valence-electron chi connectivity index (χ3n) is 1.67. The third kappa shape index (κ3) is 2.53. The van der Waals surface area contributed by atoms with Crippen molar-refractivity contribution in [3.63, 3.8) is 0 Å². The summed E-state index contributed by atoms with van der Waals surface area (Å²) in [7, 11) is 1.68. The Hall–Kier alpha value is -0.660. The summed E-state index contributed by atoms with van der Waals surface area (Å²) in [6, 6.07) is 0. The van der Waals surface area contributed by atoms with Gasteiger partial charge in [0, 0.05) is 10.7 Å². The van der Waals surface area contributed by atoms with E-state index >= 15 is 0 Å². The second-order valence-electron chi connectivity index (χ2n) is 2.60. The number of methoxy groups -OCH3 is 1. The Balaban J connectivity index is 3.69. The lowest BCUT2D eigenvalue weighted by atomic mass is 10.2. The monoisotopic (exact) mass is 291 g/mol. The van der Waals surface area contributed by atoms with Gasteiger partial charge in [-0.3, -0.25) is 0 Å². The molecule has 0 spiro atoms. The number of hydrogen-bond acceptors (Lipinski definition) is 4. The van der Waals surface area contributed by atoms with E-state index in [0.29, 0.717) is 0 Å². The minimum absolute atomic E-state index is 0.390. The maximum absolute atomic E-state index is 12.7. The number of alkyl halides is 2. The molecule has 0 aromatic carbocycles. The largest absolute Gasteiger partial charge is 0.495 e. The summed E-state index contributed by atoms with van der Waals surface area (Å²) >= 11 is 5.42. The molecule has 0 atom stereocenters. The molecule has 0 aliphatic heterocycles. The number of hydrogen-bond donors (Lipinski definition) is 0. The van der Waals surface area contributed by atoms with Gasteiger partial charge in [-0.05, 0) is 0 Å². The zero-order valence-corrected chi connectivity index (χ0v) is 10.1. The van der Waals surface area contributed by atoms with Gasteiger partial charge in [0.2, 0.25) is 0 Å². The van der Waals surface area contributed by atoms with Crippen LogP contribution in [0.3, 0.4) is 0 Å². The van der Waals surface area contributed by atoms with Crippen molar-refractivity contribution < 1.29 is 21.9 Å². The van der Waals surface area contributed by atoms with Crippen LogP contribution >= 0.6 is 22.3 Å². The standard InChI is InChI=1S/C7H5Cl2F2NO3S/c1-15-3-2-12-6(8)5(16(9,13)14)4(3)7(10)11/h2,7H,1H3. The van der Waals surface area contributed by atoms with Crippen LogP contribution in [0.1, 0.15) is 12.0 Å². The van der Waals surface area contributed by atoms with Crippen molar-refractivity contribution in [2.24, 2.45) is 0 Å². The number of aromatic nitrogens is 1. The van der Waals surface area contributed by atoms with Crippen molar-refractivity contribution in [1.29, 1.82) is 0 Å². The average Bonchev–Trinajstić information content (AvgIpc) is 2.15. The van der Waals surface area contributed by atoms with E-state index in [-0.39, 0.29) is 0 Å². The zero-order chi connectivity index (χ0) is 12.5. The maximum Gasteiger partial charge on any atom is 0.268 e. The Morgan fingerprint density at radius 2 is 2.06 bits per heavy atom. The number of nitrogens with zero attached hydrogens (tertiary/aromatic N) is 1. The van der Waals surface area contributed by atoms with Gasteiger partial charge in [0.05, 0.1) is 18.9 Å². The van der Waals surface area contributed by atoms with E-state index in [0.717, 1.165) is 13.3 Å². The Kier molecular flexibility index (Phi) is 3.92. The number of rotatable bonds is 3. The highest BCUT2D eigenvalue weighted by Gasteiger charge is 2.29. The summed E-state index contributed by atoms with van der Waals surface area (Å²) in [6.45, 7) is 0. The molecular formula is C7H5Cl2F2NO3S. The van der Waals surface area contributed by atoms with Gasteiger partial charge >= 0.3 is 0 Å². The molecule has 1 rings (SSSR count). The molecule has 1 aromatic heterocycles. The molecule has 0 bridgehead atoms. The molecule has 0 unspecified atom stereocenters. The predicted octanol–water partition coefficient (Wildman–Crippen LogP) is 2.61. The smallest absolute Gasteiger partial charge is 0.268 e. The molecule has 0 amide bonds. The van der Waals surface area contributed by atoms with Crippen molar-refractivity contribution in [3.8, 4) is 5.75 Å². The van der Waals surface area contributed by atoms with E-state index in [2.05, 4.69) is 9.72 Å². The molecule has 1 aromatic rings. The van der Waals surface area contributed by atoms with Crippen molar-refractivity contribution >= 4 is 31.3 Å². The summed E-state index contributed by atoms with van der Waals surface area (Å²) in [6.07, 6.45) is -2.20. The van der Waals surface area contributed by atoms with E-state index in [4.69, 9.17) is 22.3 Å². The summed E-state index contributed by atoms with van der Waals surface area (Å²) < 4.78 is 52.2. The Bertz CT molecular complexity index is 507.